The van der Waals surface area contributed by atoms with Crippen molar-refractivity contribution in [1.29, 1.82) is 0 Å². The number of rotatable bonds is 18. The maximum absolute atomic E-state index is 13.7. The smallest absolute Gasteiger partial charge is 0.462 e. The number of pyridine rings is 1. The van der Waals surface area contributed by atoms with E-state index in [2.05, 4.69) is 4.98 Å². The van der Waals surface area contributed by atoms with Crippen LogP contribution in [0.4, 0.5) is 13.2 Å². The molecule has 0 spiro atoms. The zero-order valence-corrected chi connectivity index (χ0v) is 30.9. The molecule has 13 heteroatoms. The predicted molar refractivity (Wildman–Crippen MR) is 195 cm³/mol. The van der Waals surface area contributed by atoms with Gasteiger partial charge in [0.25, 0.3) is 4.93 Å². The van der Waals surface area contributed by atoms with Crippen LogP contribution in [0.25, 0.3) is 0 Å². The lowest BCUT2D eigenvalue weighted by molar-refractivity contribution is -0.232. The topological polar surface area (TPSA) is 102 Å². The molecule has 3 aromatic carbocycles. The molecule has 1 aliphatic heterocycles. The Morgan fingerprint density at radius 3 is 1.94 bits per heavy atom. The second-order valence-corrected chi connectivity index (χ2v) is 14.1. The molecule has 0 amide bonds. The highest BCUT2D eigenvalue weighted by Crippen LogP contribution is 2.43. The summed E-state index contributed by atoms with van der Waals surface area (Å²) < 4.78 is 77.6. The maximum atomic E-state index is 13.7. The molecule has 0 saturated carbocycles. The van der Waals surface area contributed by atoms with Gasteiger partial charge in [-0.05, 0) is 53.4 Å². The van der Waals surface area contributed by atoms with Gasteiger partial charge < -0.3 is 28.4 Å². The summed E-state index contributed by atoms with van der Waals surface area (Å²) >= 11 is 0.583. The lowest BCUT2D eigenvalue weighted by Gasteiger charge is -2.44. The zero-order chi connectivity index (χ0) is 38.4. The van der Waals surface area contributed by atoms with E-state index in [9.17, 15) is 22.8 Å². The van der Waals surface area contributed by atoms with E-state index in [0.29, 0.717) is 18.4 Å². The van der Waals surface area contributed by atoms with Crippen LogP contribution in [0.2, 0.25) is 0 Å². The molecule has 1 aliphatic rings. The molecule has 4 aromatic rings. The first kappa shape index (κ1) is 40.9. The monoisotopic (exact) mass is 767 g/mol. The largest absolute Gasteiger partial charge is 0.490 e. The maximum Gasteiger partial charge on any atom is 0.490 e. The van der Waals surface area contributed by atoms with Crippen molar-refractivity contribution in [3.63, 3.8) is 0 Å². The lowest BCUT2D eigenvalue weighted by Crippen LogP contribution is -2.55. The summed E-state index contributed by atoms with van der Waals surface area (Å²) in [5.41, 5.74) is 2.82. The predicted octanol–water partition coefficient (Wildman–Crippen LogP) is 8.11. The van der Waals surface area contributed by atoms with E-state index in [4.69, 9.17) is 28.4 Å². The highest BCUT2D eigenvalue weighted by Gasteiger charge is 2.54. The lowest BCUT2D eigenvalue weighted by atomic mass is 9.87. The van der Waals surface area contributed by atoms with Gasteiger partial charge in [0.05, 0.1) is 45.2 Å². The Bertz CT molecular complexity index is 1720. The zero-order valence-electron chi connectivity index (χ0n) is 30.1. The summed E-state index contributed by atoms with van der Waals surface area (Å²) in [6, 6.07) is 33.6. The van der Waals surface area contributed by atoms with Gasteiger partial charge in [-0.2, -0.15) is 13.2 Å². The summed E-state index contributed by atoms with van der Waals surface area (Å²) in [5.74, 6) is -4.37. The minimum atomic E-state index is -5.38. The van der Waals surface area contributed by atoms with Gasteiger partial charge in [-0.3, -0.25) is 0 Å². The number of ether oxygens (including phenoxy) is 6. The molecule has 1 fully saturated rings. The Kier molecular flexibility index (Phi) is 15.1. The number of hydrogen-bond donors (Lipinski definition) is 0. The third kappa shape index (κ3) is 11.9. The second-order valence-electron chi connectivity index (χ2n) is 12.9. The van der Waals surface area contributed by atoms with Crippen molar-refractivity contribution in [3.05, 3.63) is 132 Å². The molecule has 0 radical (unpaired) electrons. The first-order chi connectivity index (χ1) is 26.1. The Balaban J connectivity index is 1.46. The molecule has 1 unspecified atom stereocenters. The van der Waals surface area contributed by atoms with Gasteiger partial charge in [0.2, 0.25) is 0 Å². The molecule has 54 heavy (non-hydrogen) atoms. The average molecular weight is 768 g/mol. The van der Waals surface area contributed by atoms with E-state index in [-0.39, 0.29) is 37.9 Å². The van der Waals surface area contributed by atoms with Crippen LogP contribution in [0.15, 0.2) is 120 Å². The summed E-state index contributed by atoms with van der Waals surface area (Å²) in [7, 11) is 0. The van der Waals surface area contributed by atoms with Crippen molar-refractivity contribution in [2.75, 3.05) is 13.2 Å². The Hall–Kier alpha value is -4.27. The van der Waals surface area contributed by atoms with Crippen molar-refractivity contribution in [3.8, 4) is 0 Å². The minimum Gasteiger partial charge on any atom is -0.462 e. The van der Waals surface area contributed by atoms with Gasteiger partial charge in [0.1, 0.15) is 17.2 Å². The van der Waals surface area contributed by atoms with Crippen LogP contribution in [0.5, 0.6) is 0 Å². The molecule has 6 atom stereocenters. The normalized spacial score (nSPS) is 20.4. The first-order valence-electron chi connectivity index (χ1n) is 17.7. The summed E-state index contributed by atoms with van der Waals surface area (Å²) in [6.07, 6.45) is -6.72. The van der Waals surface area contributed by atoms with Crippen molar-refractivity contribution in [1.82, 2.24) is 4.98 Å². The molecule has 0 bridgehead atoms. The summed E-state index contributed by atoms with van der Waals surface area (Å²) in [5, 5.41) is 0.155. The highest BCUT2D eigenvalue weighted by molar-refractivity contribution is 8.01. The SMILES string of the molecule is CCOC(=O)C(C[C@@H](C)[C@@H]1C[C@@H](OCc2ccccc2)[C@H](OCc2ccccc2)[C@@H](COCc2ccccc2)O1)(OC(=O)C(F)(F)F)Sc1ccccn1. The average Bonchev–Trinajstić information content (AvgIpc) is 3.17. The van der Waals surface area contributed by atoms with Crippen LogP contribution < -0.4 is 0 Å². The fourth-order valence-corrected chi connectivity index (χ4v) is 7.30. The summed E-state index contributed by atoms with van der Waals surface area (Å²) in [4.78, 5) is 27.8. The molecule has 1 saturated heterocycles. The van der Waals surface area contributed by atoms with Gasteiger partial charge >= 0.3 is 18.1 Å². The standard InChI is InChI=1S/C41H44F3NO8S/c1-3-49-38(46)40(53-39(47)41(42,43)44,54-36-21-13-14-22-45-36)24-29(2)33-23-34(50-26-31-17-9-5-10-18-31)37(51-27-32-19-11-6-12-20-32)35(52-33)28-48-25-30-15-7-4-8-16-30/h4-22,29,33-35,37H,3,23-28H2,1-2H3/t29-,33+,34-,35-,37+,40?/m1/s1. The molecule has 1 aromatic heterocycles. The molecule has 0 aliphatic carbocycles. The van der Waals surface area contributed by atoms with Crippen molar-refractivity contribution < 1.29 is 51.2 Å². The number of esters is 2. The van der Waals surface area contributed by atoms with Crippen LogP contribution >= 0.6 is 11.8 Å². The van der Waals surface area contributed by atoms with E-state index in [1.54, 1.807) is 19.1 Å². The third-order valence-electron chi connectivity index (χ3n) is 8.74. The van der Waals surface area contributed by atoms with Crippen LogP contribution in [-0.4, -0.2) is 65.7 Å². The van der Waals surface area contributed by atoms with Crippen molar-refractivity contribution in [2.45, 2.75) is 87.1 Å². The van der Waals surface area contributed by atoms with E-state index in [1.165, 1.54) is 19.2 Å². The molecule has 9 nitrogen and oxygen atoms in total. The Morgan fingerprint density at radius 1 is 0.815 bits per heavy atom. The fourth-order valence-electron chi connectivity index (χ4n) is 6.10. The number of alkyl halides is 3. The molecule has 5 rings (SSSR count). The van der Waals surface area contributed by atoms with Crippen molar-refractivity contribution >= 4 is 23.7 Å². The van der Waals surface area contributed by atoms with Gasteiger partial charge in [-0.1, -0.05) is 104 Å². The van der Waals surface area contributed by atoms with Crippen LogP contribution in [0.1, 0.15) is 43.4 Å². The number of halogens is 3. The quantitative estimate of drug-likeness (QED) is 0.0561. The molecule has 2 heterocycles. The highest BCUT2D eigenvalue weighted by atomic mass is 32.2. The van der Waals surface area contributed by atoms with E-state index in [0.717, 1.165) is 16.7 Å². The van der Waals surface area contributed by atoms with E-state index < -0.39 is 59.8 Å². The van der Waals surface area contributed by atoms with E-state index in [1.807, 2.05) is 91.0 Å². The number of carbonyl (C=O) groups is 2. The second kappa shape index (κ2) is 19.9. The van der Waals surface area contributed by atoms with Gasteiger partial charge in [0.15, 0.2) is 0 Å². The van der Waals surface area contributed by atoms with Gasteiger partial charge in [-0.15, -0.1) is 0 Å². The van der Waals surface area contributed by atoms with Gasteiger partial charge in [0, 0.05) is 19.0 Å². The number of hydrogen-bond acceptors (Lipinski definition) is 10. The molecule has 0 N–H and O–H groups in total. The molecular weight excluding hydrogens is 724 g/mol. The van der Waals surface area contributed by atoms with Crippen LogP contribution in [0, 0.1) is 5.92 Å². The van der Waals surface area contributed by atoms with Gasteiger partial charge in [-0.25, -0.2) is 14.6 Å². The van der Waals surface area contributed by atoms with Crippen LogP contribution in [-0.2, 0) is 57.8 Å². The summed E-state index contributed by atoms with van der Waals surface area (Å²) in [6.45, 7) is 3.96. The number of carbonyl (C=O) groups excluding carboxylic acids is 2. The minimum absolute atomic E-state index is 0.0948. The Morgan fingerprint density at radius 2 is 1.39 bits per heavy atom. The van der Waals surface area contributed by atoms with Crippen molar-refractivity contribution in [2.24, 2.45) is 5.92 Å². The Labute approximate surface area is 317 Å². The number of thioether (sulfide) groups is 1. The van der Waals surface area contributed by atoms with Crippen LogP contribution in [0.3, 0.4) is 0 Å². The van der Waals surface area contributed by atoms with E-state index >= 15 is 0 Å². The third-order valence-corrected chi connectivity index (χ3v) is 9.94. The molecular formula is C41H44F3NO8S. The number of benzene rings is 3. The number of aromatic nitrogens is 1. The first-order valence-corrected chi connectivity index (χ1v) is 18.5. The fraction of sp³-hybridized carbons (Fsp3) is 0.390. The molecule has 288 valence electrons. The number of nitrogens with zero attached hydrogens (tertiary/aromatic N) is 1.